The van der Waals surface area contributed by atoms with Gasteiger partial charge in [-0.2, -0.15) is 26.3 Å². The number of ether oxygens (including phenoxy) is 3. The quantitative estimate of drug-likeness (QED) is 0.344. The molecule has 0 saturated carbocycles. The average Bonchev–Trinajstić information content (AvgIpc) is 3.27. The zero-order valence-electron chi connectivity index (χ0n) is 22.6. The Morgan fingerprint density at radius 3 is 2.08 bits per heavy atom. The minimum Gasteiger partial charge on any atom is -0.372 e. The molecule has 4 nitrogen and oxygen atoms in total. The molecule has 3 fully saturated rings. The summed E-state index contributed by atoms with van der Waals surface area (Å²) in [6.07, 6.45) is -6.83. The summed E-state index contributed by atoms with van der Waals surface area (Å²) in [5.74, 6) is -0.275. The van der Waals surface area contributed by atoms with Crippen LogP contribution in [0, 0.1) is 0 Å². The maximum absolute atomic E-state index is 13.5. The van der Waals surface area contributed by atoms with Crippen molar-refractivity contribution < 1.29 is 40.6 Å². The maximum Gasteiger partial charge on any atom is 0.416 e. The van der Waals surface area contributed by atoms with E-state index in [2.05, 4.69) is 11.8 Å². The second-order valence-electron chi connectivity index (χ2n) is 11.3. The van der Waals surface area contributed by atoms with Crippen molar-refractivity contribution in [2.24, 2.45) is 0 Å². The lowest BCUT2D eigenvalue weighted by Gasteiger charge is -2.48. The number of rotatable bonds is 5. The van der Waals surface area contributed by atoms with E-state index in [1.54, 1.807) is 0 Å². The van der Waals surface area contributed by atoms with Gasteiger partial charge in [0.15, 0.2) is 6.29 Å². The van der Waals surface area contributed by atoms with Crippen molar-refractivity contribution in [2.75, 3.05) is 19.7 Å². The summed E-state index contributed by atoms with van der Waals surface area (Å²) in [4.78, 5) is 2.42. The fourth-order valence-electron chi connectivity index (χ4n) is 6.49. The third-order valence-corrected chi connectivity index (χ3v) is 8.64. The standard InChI is InChI=1S/C30H35F6NO3/c1-19-8-10-28(40-19)11-13-37(14-12-28)25-9-15-38-27(26(25)21-6-4-3-5-7-21)39-20(2)22-16-23(29(31,32)33)18-24(17-22)30(34,35)36/h3-7,16-20,25-27H,8-15H2,1-2H3/t19?,20-,25+,26+,27-/m1/s1. The van der Waals surface area contributed by atoms with Crippen LogP contribution >= 0.6 is 0 Å². The lowest BCUT2D eigenvalue weighted by atomic mass is 9.82. The lowest BCUT2D eigenvalue weighted by molar-refractivity contribution is -0.214. The van der Waals surface area contributed by atoms with Crippen LogP contribution in [0.15, 0.2) is 48.5 Å². The largest absolute Gasteiger partial charge is 0.416 e. The minimum atomic E-state index is -4.93. The van der Waals surface area contributed by atoms with Gasteiger partial charge in [-0.25, -0.2) is 0 Å². The van der Waals surface area contributed by atoms with Crippen LogP contribution in [0.4, 0.5) is 26.3 Å². The van der Waals surface area contributed by atoms with Gasteiger partial charge >= 0.3 is 12.4 Å². The molecule has 0 aromatic heterocycles. The number of benzene rings is 2. The van der Waals surface area contributed by atoms with Crippen LogP contribution in [0.5, 0.6) is 0 Å². The van der Waals surface area contributed by atoms with Crippen molar-refractivity contribution >= 4 is 0 Å². The van der Waals surface area contributed by atoms with Crippen LogP contribution < -0.4 is 0 Å². The topological polar surface area (TPSA) is 30.9 Å². The van der Waals surface area contributed by atoms with Crippen LogP contribution in [-0.2, 0) is 26.6 Å². The molecule has 0 N–H and O–H groups in total. The predicted octanol–water partition coefficient (Wildman–Crippen LogP) is 7.73. The van der Waals surface area contributed by atoms with Gasteiger partial charge in [-0.3, -0.25) is 4.90 Å². The number of hydrogen-bond donors (Lipinski definition) is 0. The molecule has 3 saturated heterocycles. The Kier molecular flexibility index (Phi) is 8.27. The second-order valence-corrected chi connectivity index (χ2v) is 11.3. The molecule has 5 rings (SSSR count). The van der Waals surface area contributed by atoms with Crippen molar-refractivity contribution in [1.29, 1.82) is 0 Å². The highest BCUT2D eigenvalue weighted by Crippen LogP contribution is 2.44. The Balaban J connectivity index is 1.40. The average molecular weight is 572 g/mol. The van der Waals surface area contributed by atoms with E-state index < -0.39 is 35.9 Å². The van der Waals surface area contributed by atoms with Crippen molar-refractivity contribution in [3.05, 3.63) is 70.8 Å². The molecule has 3 aliphatic rings. The van der Waals surface area contributed by atoms with Gasteiger partial charge in [0.1, 0.15) is 0 Å². The first-order valence-electron chi connectivity index (χ1n) is 13.9. The molecule has 40 heavy (non-hydrogen) atoms. The van der Waals surface area contributed by atoms with E-state index in [0.717, 1.165) is 62.9 Å². The van der Waals surface area contributed by atoms with Gasteiger partial charge in [0.2, 0.25) is 0 Å². The molecule has 1 unspecified atom stereocenters. The van der Waals surface area contributed by atoms with Crippen LogP contribution in [-0.4, -0.2) is 48.6 Å². The van der Waals surface area contributed by atoms with Crippen molar-refractivity contribution in [3.8, 4) is 0 Å². The van der Waals surface area contributed by atoms with E-state index in [1.165, 1.54) is 6.92 Å². The zero-order valence-corrected chi connectivity index (χ0v) is 22.6. The van der Waals surface area contributed by atoms with Gasteiger partial charge in [-0.05, 0) is 75.3 Å². The molecule has 10 heteroatoms. The summed E-state index contributed by atoms with van der Waals surface area (Å²) in [7, 11) is 0. The Hall–Kier alpha value is -2.14. The summed E-state index contributed by atoms with van der Waals surface area (Å²) in [6, 6.07) is 11.3. The van der Waals surface area contributed by atoms with Crippen molar-refractivity contribution in [3.63, 3.8) is 0 Å². The third kappa shape index (κ3) is 6.35. The highest BCUT2D eigenvalue weighted by Gasteiger charge is 2.46. The molecular formula is C30H35F6NO3. The molecular weight excluding hydrogens is 536 g/mol. The van der Waals surface area contributed by atoms with Crippen molar-refractivity contribution in [1.82, 2.24) is 4.90 Å². The summed E-state index contributed by atoms with van der Waals surface area (Å²) >= 11 is 0. The fourth-order valence-corrected chi connectivity index (χ4v) is 6.49. The van der Waals surface area contributed by atoms with Crippen LogP contribution in [0.1, 0.15) is 80.2 Å². The molecule has 2 aromatic carbocycles. The van der Waals surface area contributed by atoms with Gasteiger partial charge in [0.25, 0.3) is 0 Å². The van der Waals surface area contributed by atoms with Gasteiger partial charge in [-0.1, -0.05) is 30.3 Å². The summed E-state index contributed by atoms with van der Waals surface area (Å²) in [5.41, 5.74) is -2.04. The third-order valence-electron chi connectivity index (χ3n) is 8.64. The van der Waals surface area contributed by atoms with Gasteiger partial charge < -0.3 is 14.2 Å². The number of alkyl halides is 6. The minimum absolute atomic E-state index is 0.0387. The van der Waals surface area contributed by atoms with Crippen LogP contribution in [0.2, 0.25) is 0 Å². The van der Waals surface area contributed by atoms with E-state index in [4.69, 9.17) is 14.2 Å². The van der Waals surface area contributed by atoms with E-state index in [-0.39, 0.29) is 35.3 Å². The first-order valence-corrected chi connectivity index (χ1v) is 13.9. The Labute approximate surface area is 230 Å². The van der Waals surface area contributed by atoms with Crippen LogP contribution in [0.3, 0.4) is 0 Å². The highest BCUT2D eigenvalue weighted by molar-refractivity contribution is 5.35. The maximum atomic E-state index is 13.5. The summed E-state index contributed by atoms with van der Waals surface area (Å²) in [6.45, 7) is 5.62. The predicted molar refractivity (Wildman–Crippen MR) is 137 cm³/mol. The SMILES string of the molecule is CC1CCC2(CCN([C@H]3CCO[C@H](O[C@H](C)c4cc(C(F)(F)F)cc(C(F)(F)F)c4)[C@H]3c3ccccc3)CC2)O1. The molecule has 1 spiro atoms. The van der Waals surface area contributed by atoms with Crippen molar-refractivity contribution in [2.45, 2.75) is 94.4 Å². The summed E-state index contributed by atoms with van der Waals surface area (Å²) < 4.78 is 99.4. The molecule has 0 radical (unpaired) electrons. The Bertz CT molecular complexity index is 1110. The lowest BCUT2D eigenvalue weighted by Crippen LogP contribution is -2.54. The first kappa shape index (κ1) is 29.4. The number of nitrogens with zero attached hydrogens (tertiary/aromatic N) is 1. The number of hydrogen-bond acceptors (Lipinski definition) is 4. The van der Waals surface area contributed by atoms with Crippen LogP contribution in [0.25, 0.3) is 0 Å². The summed E-state index contributed by atoms with van der Waals surface area (Å²) in [5, 5.41) is 0. The Morgan fingerprint density at radius 2 is 1.52 bits per heavy atom. The molecule has 0 amide bonds. The molecule has 2 aromatic rings. The molecule has 0 bridgehead atoms. The smallest absolute Gasteiger partial charge is 0.372 e. The van der Waals surface area contributed by atoms with Gasteiger partial charge in [-0.15, -0.1) is 0 Å². The van der Waals surface area contributed by atoms with E-state index in [9.17, 15) is 26.3 Å². The zero-order chi connectivity index (χ0) is 28.7. The number of piperidine rings is 1. The molecule has 3 heterocycles. The normalized spacial score (nSPS) is 28.6. The molecule has 3 aliphatic heterocycles. The second kappa shape index (κ2) is 11.3. The van der Waals surface area contributed by atoms with Gasteiger partial charge in [0.05, 0.1) is 41.5 Å². The monoisotopic (exact) mass is 571 g/mol. The molecule has 5 atom stereocenters. The van der Waals surface area contributed by atoms with Gasteiger partial charge in [0, 0.05) is 19.1 Å². The molecule has 220 valence electrons. The molecule has 0 aliphatic carbocycles. The van der Waals surface area contributed by atoms with E-state index in [0.29, 0.717) is 6.61 Å². The first-order chi connectivity index (χ1) is 18.8. The van der Waals surface area contributed by atoms with E-state index >= 15 is 0 Å². The highest BCUT2D eigenvalue weighted by atomic mass is 19.4. The fraction of sp³-hybridized carbons (Fsp3) is 0.600. The Morgan fingerprint density at radius 1 is 0.900 bits per heavy atom. The number of likely N-dealkylation sites (tertiary alicyclic amines) is 1. The number of halogens is 6. The van der Waals surface area contributed by atoms with E-state index in [1.807, 2.05) is 30.3 Å².